The first-order valence-electron chi connectivity index (χ1n) is 5.90. The molecule has 1 N–H and O–H groups in total. The third-order valence-corrected chi connectivity index (χ3v) is 3.34. The number of aromatic nitrogens is 2. The molecule has 0 radical (unpaired) electrons. The molecule has 1 aromatic heterocycles. The second-order valence-corrected chi connectivity index (χ2v) is 4.87. The van der Waals surface area contributed by atoms with Crippen molar-refractivity contribution in [1.29, 1.82) is 0 Å². The minimum absolute atomic E-state index is 0.193. The fraction of sp³-hybridized carbons (Fsp3) is 0.0833. The molecule has 2 rings (SSSR count). The molecule has 1 heterocycles. The van der Waals surface area contributed by atoms with Gasteiger partial charge < -0.3 is 0 Å². The maximum atomic E-state index is 11.6. The molecular formula is C12H9Cl2N5O3. The standard InChI is InChI=1S/C12H9Cl2N5O3/c13-10-3-1-2-8(12(10)14)4-15-17-11(20)7-18-6-9(5-16-18)19(21)22/h1-6H,7H2,(H,17,20)/b15-4+. The first-order valence-corrected chi connectivity index (χ1v) is 6.65. The molecular weight excluding hydrogens is 333 g/mol. The van der Waals surface area contributed by atoms with Gasteiger partial charge in [-0.05, 0) is 6.07 Å². The van der Waals surface area contributed by atoms with Gasteiger partial charge in [0.1, 0.15) is 18.9 Å². The predicted molar refractivity (Wildman–Crippen MR) is 81.1 cm³/mol. The summed E-state index contributed by atoms with van der Waals surface area (Å²) in [5.41, 5.74) is 2.62. The number of hydrazone groups is 1. The third kappa shape index (κ3) is 4.03. The molecule has 10 heteroatoms. The predicted octanol–water partition coefficient (Wildman–Crippen LogP) is 2.25. The Kier molecular flexibility index (Phi) is 5.08. The molecule has 22 heavy (non-hydrogen) atoms. The number of nitrogens with zero attached hydrogens (tertiary/aromatic N) is 4. The van der Waals surface area contributed by atoms with E-state index in [1.54, 1.807) is 18.2 Å². The van der Waals surface area contributed by atoms with Crippen LogP contribution in [0.3, 0.4) is 0 Å². The number of hydrogen-bond acceptors (Lipinski definition) is 5. The van der Waals surface area contributed by atoms with Crippen molar-refractivity contribution in [1.82, 2.24) is 15.2 Å². The number of nitro groups is 1. The van der Waals surface area contributed by atoms with Crippen molar-refractivity contribution < 1.29 is 9.72 Å². The number of benzene rings is 1. The molecule has 1 aromatic carbocycles. The minimum atomic E-state index is -0.597. The smallest absolute Gasteiger partial charge is 0.271 e. The number of rotatable bonds is 5. The fourth-order valence-electron chi connectivity index (χ4n) is 1.51. The molecule has 0 aliphatic carbocycles. The van der Waals surface area contributed by atoms with Gasteiger partial charge in [0.2, 0.25) is 0 Å². The Hall–Kier alpha value is -2.45. The van der Waals surface area contributed by atoms with E-state index < -0.39 is 10.8 Å². The Morgan fingerprint density at radius 1 is 1.50 bits per heavy atom. The molecule has 0 unspecified atom stereocenters. The first kappa shape index (κ1) is 15.9. The number of carbonyl (C=O) groups excluding carboxylic acids is 1. The number of nitrogens with one attached hydrogen (secondary N) is 1. The van der Waals surface area contributed by atoms with Gasteiger partial charge >= 0.3 is 5.69 Å². The minimum Gasteiger partial charge on any atom is -0.271 e. The van der Waals surface area contributed by atoms with Crippen molar-refractivity contribution in [3.05, 3.63) is 56.3 Å². The monoisotopic (exact) mass is 341 g/mol. The van der Waals surface area contributed by atoms with E-state index in [4.69, 9.17) is 23.2 Å². The quantitative estimate of drug-likeness (QED) is 0.511. The molecule has 1 amide bonds. The molecule has 0 spiro atoms. The van der Waals surface area contributed by atoms with E-state index in [-0.39, 0.29) is 12.2 Å². The Morgan fingerprint density at radius 3 is 2.95 bits per heavy atom. The lowest BCUT2D eigenvalue weighted by Crippen LogP contribution is -2.23. The van der Waals surface area contributed by atoms with Crippen molar-refractivity contribution in [3.63, 3.8) is 0 Å². The van der Waals surface area contributed by atoms with Crippen molar-refractivity contribution in [3.8, 4) is 0 Å². The van der Waals surface area contributed by atoms with Gasteiger partial charge in [-0.3, -0.25) is 19.6 Å². The highest BCUT2D eigenvalue weighted by molar-refractivity contribution is 6.43. The lowest BCUT2D eigenvalue weighted by atomic mass is 10.2. The number of halogens is 2. The number of hydrogen-bond donors (Lipinski definition) is 1. The van der Waals surface area contributed by atoms with Crippen LogP contribution < -0.4 is 5.43 Å². The molecule has 0 bridgehead atoms. The van der Waals surface area contributed by atoms with E-state index in [0.717, 1.165) is 17.1 Å². The van der Waals surface area contributed by atoms with Crippen molar-refractivity contribution >= 4 is 41.0 Å². The van der Waals surface area contributed by atoms with Gasteiger partial charge in [-0.1, -0.05) is 35.3 Å². The maximum absolute atomic E-state index is 11.6. The van der Waals surface area contributed by atoms with Crippen LogP contribution in [0.2, 0.25) is 10.0 Å². The van der Waals surface area contributed by atoms with Crippen LogP contribution in [0.1, 0.15) is 5.56 Å². The van der Waals surface area contributed by atoms with Gasteiger partial charge in [0.15, 0.2) is 0 Å². The van der Waals surface area contributed by atoms with Gasteiger partial charge in [-0.15, -0.1) is 0 Å². The summed E-state index contributed by atoms with van der Waals surface area (Å²) < 4.78 is 1.13. The van der Waals surface area contributed by atoms with Crippen LogP contribution in [0, 0.1) is 10.1 Å². The summed E-state index contributed by atoms with van der Waals surface area (Å²) in [5, 5.41) is 18.6. The lowest BCUT2D eigenvalue weighted by Gasteiger charge is -2.01. The Bertz CT molecular complexity index is 744. The van der Waals surface area contributed by atoms with Gasteiger partial charge in [0, 0.05) is 5.56 Å². The molecule has 0 saturated carbocycles. The third-order valence-electron chi connectivity index (χ3n) is 2.51. The summed E-state index contributed by atoms with van der Waals surface area (Å²) in [6.07, 6.45) is 3.55. The van der Waals surface area contributed by atoms with E-state index >= 15 is 0 Å². The average molecular weight is 342 g/mol. The van der Waals surface area contributed by atoms with Crippen LogP contribution in [0.4, 0.5) is 5.69 Å². The molecule has 0 aliphatic heterocycles. The normalized spacial score (nSPS) is 10.8. The SMILES string of the molecule is O=C(Cn1cc([N+](=O)[O-])cn1)N/N=C/c1cccc(Cl)c1Cl. The Morgan fingerprint density at radius 2 is 2.27 bits per heavy atom. The van der Waals surface area contributed by atoms with Gasteiger partial charge in [0.25, 0.3) is 5.91 Å². The Labute approximate surface area is 134 Å². The highest BCUT2D eigenvalue weighted by Gasteiger charge is 2.10. The zero-order chi connectivity index (χ0) is 16.1. The summed E-state index contributed by atoms with van der Waals surface area (Å²) in [7, 11) is 0. The summed E-state index contributed by atoms with van der Waals surface area (Å²) >= 11 is 11.8. The summed E-state index contributed by atoms with van der Waals surface area (Å²) in [5.74, 6) is -0.493. The van der Waals surface area contributed by atoms with E-state index in [0.29, 0.717) is 15.6 Å². The molecule has 0 fully saturated rings. The van der Waals surface area contributed by atoms with Gasteiger partial charge in [-0.25, -0.2) is 5.43 Å². The Balaban J connectivity index is 1.93. The van der Waals surface area contributed by atoms with Crippen LogP contribution in [-0.4, -0.2) is 26.8 Å². The van der Waals surface area contributed by atoms with Crippen molar-refractivity contribution in [2.45, 2.75) is 6.54 Å². The summed E-state index contributed by atoms with van der Waals surface area (Å²) in [6.45, 7) is -0.200. The zero-order valence-electron chi connectivity index (χ0n) is 10.9. The second kappa shape index (κ2) is 7.01. The maximum Gasteiger partial charge on any atom is 0.307 e. The zero-order valence-corrected chi connectivity index (χ0v) is 12.5. The van der Waals surface area contributed by atoms with Crippen molar-refractivity contribution in [2.24, 2.45) is 5.10 Å². The van der Waals surface area contributed by atoms with Gasteiger partial charge in [0.05, 0.1) is 21.2 Å². The highest BCUT2D eigenvalue weighted by Crippen LogP contribution is 2.24. The van der Waals surface area contributed by atoms with E-state index in [1.165, 1.54) is 6.21 Å². The molecule has 0 aliphatic rings. The van der Waals surface area contributed by atoms with E-state index in [2.05, 4.69) is 15.6 Å². The lowest BCUT2D eigenvalue weighted by molar-refractivity contribution is -0.385. The highest BCUT2D eigenvalue weighted by atomic mass is 35.5. The van der Waals surface area contributed by atoms with Crippen LogP contribution >= 0.6 is 23.2 Å². The fourth-order valence-corrected chi connectivity index (χ4v) is 1.87. The van der Waals surface area contributed by atoms with Crippen LogP contribution in [-0.2, 0) is 11.3 Å². The molecule has 2 aromatic rings. The largest absolute Gasteiger partial charge is 0.307 e. The number of carbonyl (C=O) groups is 1. The van der Waals surface area contributed by atoms with Crippen LogP contribution in [0.25, 0.3) is 0 Å². The van der Waals surface area contributed by atoms with E-state index in [1.807, 2.05) is 0 Å². The molecule has 8 nitrogen and oxygen atoms in total. The van der Waals surface area contributed by atoms with Crippen molar-refractivity contribution in [2.75, 3.05) is 0 Å². The summed E-state index contributed by atoms with van der Waals surface area (Å²) in [6, 6.07) is 5.01. The molecule has 0 atom stereocenters. The average Bonchev–Trinajstić information content (AvgIpc) is 2.92. The summed E-state index contributed by atoms with van der Waals surface area (Å²) in [4.78, 5) is 21.5. The van der Waals surface area contributed by atoms with E-state index in [9.17, 15) is 14.9 Å². The number of amides is 1. The van der Waals surface area contributed by atoms with Crippen LogP contribution in [0.15, 0.2) is 35.7 Å². The first-order chi connectivity index (χ1) is 10.5. The van der Waals surface area contributed by atoms with Gasteiger partial charge in [-0.2, -0.15) is 10.2 Å². The molecule has 114 valence electrons. The second-order valence-electron chi connectivity index (χ2n) is 4.09. The van der Waals surface area contributed by atoms with Crippen LogP contribution in [0.5, 0.6) is 0 Å². The topological polar surface area (TPSA) is 102 Å². The molecule has 0 saturated heterocycles.